The highest BCUT2D eigenvalue weighted by Crippen LogP contribution is 2.22. The molecule has 0 aromatic heterocycles. The molecule has 0 bridgehead atoms. The van der Waals surface area contributed by atoms with Gasteiger partial charge in [-0.2, -0.15) is 0 Å². The fourth-order valence-electron chi connectivity index (χ4n) is 2.44. The van der Waals surface area contributed by atoms with E-state index >= 15 is 0 Å². The van der Waals surface area contributed by atoms with Crippen LogP contribution in [-0.4, -0.2) is 55.5 Å². The van der Waals surface area contributed by atoms with E-state index in [1.807, 2.05) is 0 Å². The Hall–Kier alpha value is -1.24. The molecule has 1 aromatic carbocycles. The van der Waals surface area contributed by atoms with E-state index in [9.17, 15) is 13.6 Å². The summed E-state index contributed by atoms with van der Waals surface area (Å²) in [7, 11) is 1.77. The molecule has 0 radical (unpaired) electrons. The number of piperazine rings is 1. The molecule has 0 spiro atoms. The molecule has 1 atom stereocenters. The summed E-state index contributed by atoms with van der Waals surface area (Å²) in [5.41, 5.74) is 0.395. The molecule has 1 N–H and O–H groups in total. The predicted octanol–water partition coefficient (Wildman–Crippen LogP) is 1.81. The molecular formula is C15H22ClF2N3O. The molecule has 124 valence electrons. The molecule has 1 fully saturated rings. The van der Waals surface area contributed by atoms with Gasteiger partial charge in [0.1, 0.15) is 11.6 Å². The van der Waals surface area contributed by atoms with Crippen molar-refractivity contribution in [3.63, 3.8) is 0 Å². The molecule has 1 amide bonds. The van der Waals surface area contributed by atoms with E-state index in [0.29, 0.717) is 18.7 Å². The molecule has 1 saturated heterocycles. The minimum atomic E-state index is -0.594. The van der Waals surface area contributed by atoms with Gasteiger partial charge >= 0.3 is 0 Å². The van der Waals surface area contributed by atoms with Gasteiger partial charge in [0.2, 0.25) is 5.91 Å². The second-order valence-corrected chi connectivity index (χ2v) is 5.39. The lowest BCUT2D eigenvalue weighted by molar-refractivity contribution is -0.133. The second-order valence-electron chi connectivity index (χ2n) is 5.39. The van der Waals surface area contributed by atoms with E-state index in [1.165, 1.54) is 12.1 Å². The van der Waals surface area contributed by atoms with Crippen LogP contribution in [0, 0.1) is 11.6 Å². The first-order valence-corrected chi connectivity index (χ1v) is 7.12. The summed E-state index contributed by atoms with van der Waals surface area (Å²) in [5.74, 6) is -1.14. The highest BCUT2D eigenvalue weighted by Gasteiger charge is 2.22. The molecule has 0 saturated carbocycles. The molecule has 1 aliphatic heterocycles. The Morgan fingerprint density at radius 3 is 2.59 bits per heavy atom. The molecule has 1 aromatic rings. The Labute approximate surface area is 135 Å². The zero-order valence-electron chi connectivity index (χ0n) is 12.8. The standard InChI is InChI=1S/C15H21F2N3O.ClH/c1-11(13-4-3-12(16)9-14(13)17)19(2)10-15(21)20-7-5-18-6-8-20;/h3-4,9,11,18H,5-8,10H2,1-2H3;1H. The average Bonchev–Trinajstić information content (AvgIpc) is 2.47. The van der Waals surface area contributed by atoms with Crippen LogP contribution in [0.4, 0.5) is 8.78 Å². The Morgan fingerprint density at radius 1 is 1.36 bits per heavy atom. The SMILES string of the molecule is CC(c1ccc(F)cc1F)N(C)CC(=O)N1CCNCC1.Cl. The van der Waals surface area contributed by atoms with Crippen molar-refractivity contribution in [3.8, 4) is 0 Å². The zero-order valence-corrected chi connectivity index (χ0v) is 13.6. The number of hydrogen-bond acceptors (Lipinski definition) is 3. The lowest BCUT2D eigenvalue weighted by Crippen LogP contribution is -2.49. The third-order valence-corrected chi connectivity index (χ3v) is 3.93. The number of nitrogens with one attached hydrogen (secondary N) is 1. The highest BCUT2D eigenvalue weighted by molar-refractivity contribution is 5.85. The van der Waals surface area contributed by atoms with Crippen LogP contribution in [0.1, 0.15) is 18.5 Å². The van der Waals surface area contributed by atoms with Crippen molar-refractivity contribution in [2.75, 3.05) is 39.8 Å². The first-order valence-electron chi connectivity index (χ1n) is 7.12. The summed E-state index contributed by atoms with van der Waals surface area (Å²) < 4.78 is 26.7. The number of halogens is 3. The van der Waals surface area contributed by atoms with Crippen LogP contribution in [-0.2, 0) is 4.79 Å². The molecule has 4 nitrogen and oxygen atoms in total. The monoisotopic (exact) mass is 333 g/mol. The largest absolute Gasteiger partial charge is 0.339 e. The maximum Gasteiger partial charge on any atom is 0.236 e. The number of rotatable bonds is 4. The summed E-state index contributed by atoms with van der Waals surface area (Å²) in [6.45, 7) is 5.03. The first kappa shape index (κ1) is 18.8. The fourth-order valence-corrected chi connectivity index (χ4v) is 2.44. The Morgan fingerprint density at radius 2 is 2.00 bits per heavy atom. The number of amides is 1. The second kappa shape index (κ2) is 8.41. The molecule has 1 aliphatic rings. The van der Waals surface area contributed by atoms with E-state index in [0.717, 1.165) is 19.2 Å². The van der Waals surface area contributed by atoms with Crippen molar-refractivity contribution in [3.05, 3.63) is 35.4 Å². The molecule has 0 aliphatic carbocycles. The van der Waals surface area contributed by atoms with Crippen molar-refractivity contribution < 1.29 is 13.6 Å². The van der Waals surface area contributed by atoms with Crippen molar-refractivity contribution in [1.29, 1.82) is 0 Å². The van der Waals surface area contributed by atoms with Gasteiger partial charge in [0.25, 0.3) is 0 Å². The molecule has 22 heavy (non-hydrogen) atoms. The summed E-state index contributed by atoms with van der Waals surface area (Å²) in [6, 6.07) is 3.25. The zero-order chi connectivity index (χ0) is 15.4. The van der Waals surface area contributed by atoms with Gasteiger partial charge in [-0.15, -0.1) is 12.4 Å². The van der Waals surface area contributed by atoms with Crippen molar-refractivity contribution >= 4 is 18.3 Å². The van der Waals surface area contributed by atoms with Crippen LogP contribution in [0.15, 0.2) is 18.2 Å². The van der Waals surface area contributed by atoms with Crippen molar-refractivity contribution in [2.45, 2.75) is 13.0 Å². The van der Waals surface area contributed by atoms with Crippen molar-refractivity contribution in [2.24, 2.45) is 0 Å². The maximum absolute atomic E-state index is 13.8. The average molecular weight is 334 g/mol. The van der Waals surface area contributed by atoms with E-state index in [2.05, 4.69) is 5.32 Å². The van der Waals surface area contributed by atoms with Crippen LogP contribution in [0.25, 0.3) is 0 Å². The lowest BCUT2D eigenvalue weighted by Gasteiger charge is -2.31. The van der Waals surface area contributed by atoms with Crippen LogP contribution < -0.4 is 5.32 Å². The van der Waals surface area contributed by atoms with Crippen LogP contribution in [0.5, 0.6) is 0 Å². The van der Waals surface area contributed by atoms with Gasteiger partial charge in [-0.1, -0.05) is 6.07 Å². The molecule has 7 heteroatoms. The smallest absolute Gasteiger partial charge is 0.236 e. The van der Waals surface area contributed by atoms with Crippen LogP contribution in [0.2, 0.25) is 0 Å². The minimum Gasteiger partial charge on any atom is -0.339 e. The molecule has 1 unspecified atom stereocenters. The molecule has 2 rings (SSSR count). The number of benzene rings is 1. The quantitative estimate of drug-likeness (QED) is 0.913. The molecular weight excluding hydrogens is 312 g/mol. The third kappa shape index (κ3) is 4.63. The van der Waals surface area contributed by atoms with Gasteiger partial charge in [0.15, 0.2) is 0 Å². The number of nitrogens with zero attached hydrogens (tertiary/aromatic N) is 2. The number of likely N-dealkylation sites (N-methyl/N-ethyl adjacent to an activating group) is 1. The maximum atomic E-state index is 13.8. The van der Waals surface area contributed by atoms with E-state index in [1.54, 1.807) is 23.8 Å². The first-order chi connectivity index (χ1) is 9.99. The summed E-state index contributed by atoms with van der Waals surface area (Å²) in [5, 5.41) is 3.19. The van der Waals surface area contributed by atoms with Gasteiger partial charge in [-0.3, -0.25) is 9.69 Å². The van der Waals surface area contributed by atoms with Gasteiger partial charge in [0.05, 0.1) is 6.54 Å². The normalized spacial score (nSPS) is 16.3. The summed E-state index contributed by atoms with van der Waals surface area (Å²) in [6.07, 6.45) is 0. The van der Waals surface area contributed by atoms with E-state index in [-0.39, 0.29) is 30.9 Å². The molecule has 1 heterocycles. The van der Waals surface area contributed by atoms with Crippen LogP contribution >= 0.6 is 12.4 Å². The van der Waals surface area contributed by atoms with Crippen LogP contribution in [0.3, 0.4) is 0 Å². The third-order valence-electron chi connectivity index (χ3n) is 3.93. The minimum absolute atomic E-state index is 0. The fraction of sp³-hybridized carbons (Fsp3) is 0.533. The summed E-state index contributed by atoms with van der Waals surface area (Å²) >= 11 is 0. The number of carbonyl (C=O) groups excluding carboxylic acids is 1. The van der Waals surface area contributed by atoms with E-state index < -0.39 is 11.6 Å². The van der Waals surface area contributed by atoms with Crippen molar-refractivity contribution in [1.82, 2.24) is 15.1 Å². The number of hydrogen-bond donors (Lipinski definition) is 1. The Balaban J connectivity index is 0.00000242. The van der Waals surface area contributed by atoms with E-state index in [4.69, 9.17) is 0 Å². The Bertz CT molecular complexity index is 510. The summed E-state index contributed by atoms with van der Waals surface area (Å²) in [4.78, 5) is 15.8. The van der Waals surface area contributed by atoms with Gasteiger partial charge in [-0.05, 0) is 20.0 Å². The topological polar surface area (TPSA) is 35.6 Å². The highest BCUT2D eigenvalue weighted by atomic mass is 35.5. The lowest BCUT2D eigenvalue weighted by atomic mass is 10.1. The van der Waals surface area contributed by atoms with Gasteiger partial charge in [0, 0.05) is 43.9 Å². The van der Waals surface area contributed by atoms with Gasteiger partial charge < -0.3 is 10.2 Å². The Kier molecular flexibility index (Phi) is 7.19. The number of carbonyl (C=O) groups is 1. The predicted molar refractivity (Wildman–Crippen MR) is 84.1 cm³/mol. The van der Waals surface area contributed by atoms with Gasteiger partial charge in [-0.25, -0.2) is 8.78 Å².